The zero-order valence-corrected chi connectivity index (χ0v) is 12.4. The van der Waals surface area contributed by atoms with Gasteiger partial charge in [0.25, 0.3) is 0 Å². The third kappa shape index (κ3) is 4.13. The van der Waals surface area contributed by atoms with E-state index in [1.807, 2.05) is 6.07 Å². The molecule has 1 fully saturated rings. The number of aliphatic hydroxyl groups is 3. The minimum absolute atomic E-state index is 0.00835. The summed E-state index contributed by atoms with van der Waals surface area (Å²) in [5, 5.41) is 39.2. The number of aliphatic hydroxyl groups excluding tert-OH is 3. The second-order valence-electron chi connectivity index (χ2n) is 5.04. The minimum Gasteiger partial charge on any atom is -0.507 e. The fourth-order valence-corrected chi connectivity index (χ4v) is 2.43. The van der Waals surface area contributed by atoms with E-state index in [2.05, 4.69) is 8.86 Å². The van der Waals surface area contributed by atoms with E-state index >= 15 is 0 Å². The molecule has 1 heterocycles. The molecule has 0 amide bonds. The molecule has 1 aromatic rings. The van der Waals surface area contributed by atoms with Crippen LogP contribution in [0.15, 0.2) is 30.3 Å². The Bertz CT molecular complexity index is 531. The minimum atomic E-state index is -1.20. The van der Waals surface area contributed by atoms with Gasteiger partial charge in [-0.15, -0.1) is 8.86 Å². The van der Waals surface area contributed by atoms with Gasteiger partial charge in [-0.3, -0.25) is 0 Å². The molecule has 0 bridgehead atoms. The Kier molecular flexibility index (Phi) is 5.51. The van der Waals surface area contributed by atoms with Gasteiger partial charge >= 0.3 is 0 Å². The standard InChI is InChI=1S/C15H19O5P/c16-11-4-2-1-3-9(11)5-6-10(21)7-13-15(19)14(18)12(17)8-20-13/h1-6,12-19,21H,7-8H2/b6-5+/t12-,13?,14+,15+/m1/s1. The number of aromatic hydroxyl groups is 1. The lowest BCUT2D eigenvalue weighted by Crippen LogP contribution is -2.53. The molecule has 2 rings (SSSR count). The molecule has 0 radical (unpaired) electrons. The highest BCUT2D eigenvalue weighted by Crippen LogP contribution is 2.21. The van der Waals surface area contributed by atoms with Crippen LogP contribution in [0, 0.1) is 0 Å². The number of allylic oxidation sites excluding steroid dienone is 1. The van der Waals surface area contributed by atoms with Crippen molar-refractivity contribution in [1.82, 2.24) is 0 Å². The molecule has 0 saturated carbocycles. The molecule has 1 aliphatic heterocycles. The van der Waals surface area contributed by atoms with Crippen LogP contribution in [0.4, 0.5) is 0 Å². The van der Waals surface area contributed by atoms with Gasteiger partial charge in [0.15, 0.2) is 0 Å². The predicted octanol–water partition coefficient (Wildman–Crippen LogP) is 0.592. The Hall–Kier alpha value is -1.23. The first kappa shape index (κ1) is 16.1. The molecule has 114 valence electrons. The lowest BCUT2D eigenvalue weighted by Gasteiger charge is -2.35. The number of benzene rings is 1. The summed E-state index contributed by atoms with van der Waals surface area (Å²) in [6, 6.07) is 6.93. The molecule has 4 N–H and O–H groups in total. The van der Waals surface area contributed by atoms with Gasteiger partial charge in [0.05, 0.1) is 12.7 Å². The summed E-state index contributed by atoms with van der Waals surface area (Å²) < 4.78 is 5.32. The number of phenolic OH excluding ortho intramolecular Hbond substituents is 1. The lowest BCUT2D eigenvalue weighted by atomic mass is 9.96. The third-order valence-corrected chi connectivity index (χ3v) is 3.80. The zero-order chi connectivity index (χ0) is 15.4. The average molecular weight is 310 g/mol. The van der Waals surface area contributed by atoms with Crippen molar-refractivity contribution >= 4 is 20.2 Å². The first-order valence-electron chi connectivity index (χ1n) is 6.68. The van der Waals surface area contributed by atoms with Gasteiger partial charge in [0.1, 0.15) is 24.1 Å². The molecule has 4 atom stereocenters. The van der Waals surface area contributed by atoms with Crippen LogP contribution >= 0.6 is 8.86 Å². The maximum atomic E-state index is 9.85. The van der Waals surface area contributed by atoms with E-state index in [1.165, 1.54) is 0 Å². The van der Waals surface area contributed by atoms with Crippen LogP contribution in [-0.4, -0.2) is 56.7 Å². The molecule has 0 spiro atoms. The highest BCUT2D eigenvalue weighted by Gasteiger charge is 2.37. The molecular weight excluding hydrogens is 291 g/mol. The van der Waals surface area contributed by atoms with Crippen molar-refractivity contribution in [2.24, 2.45) is 0 Å². The first-order valence-corrected chi connectivity index (χ1v) is 7.18. The zero-order valence-electron chi connectivity index (χ0n) is 11.4. The Morgan fingerprint density at radius 3 is 2.67 bits per heavy atom. The Morgan fingerprint density at radius 2 is 1.95 bits per heavy atom. The maximum absolute atomic E-state index is 9.85. The van der Waals surface area contributed by atoms with E-state index in [-0.39, 0.29) is 12.4 Å². The highest BCUT2D eigenvalue weighted by atomic mass is 31.0. The van der Waals surface area contributed by atoms with Crippen LogP contribution < -0.4 is 0 Å². The van der Waals surface area contributed by atoms with E-state index in [4.69, 9.17) is 4.74 Å². The molecule has 0 aliphatic carbocycles. The van der Waals surface area contributed by atoms with E-state index in [0.717, 1.165) is 5.29 Å². The number of phenols is 1. The van der Waals surface area contributed by atoms with Crippen LogP contribution in [0.3, 0.4) is 0 Å². The van der Waals surface area contributed by atoms with Crippen LogP contribution in [-0.2, 0) is 4.74 Å². The Labute approximate surface area is 125 Å². The van der Waals surface area contributed by atoms with Gasteiger partial charge in [0, 0.05) is 12.0 Å². The monoisotopic (exact) mass is 310 g/mol. The molecule has 1 aromatic carbocycles. The van der Waals surface area contributed by atoms with Crippen LogP contribution in [0.5, 0.6) is 5.75 Å². The average Bonchev–Trinajstić information content (AvgIpc) is 2.47. The predicted molar refractivity (Wildman–Crippen MR) is 82.8 cm³/mol. The fourth-order valence-electron chi connectivity index (χ4n) is 2.15. The van der Waals surface area contributed by atoms with Gasteiger partial charge in [-0.25, -0.2) is 0 Å². The molecule has 0 aromatic heterocycles. The second kappa shape index (κ2) is 7.16. The van der Waals surface area contributed by atoms with Crippen LogP contribution in [0.25, 0.3) is 6.08 Å². The van der Waals surface area contributed by atoms with Crippen LogP contribution in [0.1, 0.15) is 12.0 Å². The van der Waals surface area contributed by atoms with E-state index < -0.39 is 24.4 Å². The highest BCUT2D eigenvalue weighted by molar-refractivity contribution is 7.21. The summed E-state index contributed by atoms with van der Waals surface area (Å²) in [6.45, 7) is -0.00835. The Morgan fingerprint density at radius 1 is 1.24 bits per heavy atom. The van der Waals surface area contributed by atoms with Crippen molar-refractivity contribution in [3.05, 3.63) is 35.9 Å². The summed E-state index contributed by atoms with van der Waals surface area (Å²) in [7, 11) is 3.43. The van der Waals surface area contributed by atoms with Crippen molar-refractivity contribution in [2.75, 3.05) is 6.61 Å². The van der Waals surface area contributed by atoms with Gasteiger partial charge in [-0.05, 0) is 11.4 Å². The quantitative estimate of drug-likeness (QED) is 0.611. The molecule has 5 nitrogen and oxygen atoms in total. The largest absolute Gasteiger partial charge is 0.507 e. The molecule has 1 saturated heterocycles. The van der Waals surface area contributed by atoms with Gasteiger partial charge in [0.2, 0.25) is 0 Å². The lowest BCUT2D eigenvalue weighted by molar-refractivity contribution is -0.184. The Balaban J connectivity index is 1.94. The third-order valence-electron chi connectivity index (χ3n) is 3.43. The van der Waals surface area contributed by atoms with E-state index in [1.54, 1.807) is 30.4 Å². The number of ether oxygens (including phenoxy) is 1. The molecular formula is C15H19O5P. The topological polar surface area (TPSA) is 90.2 Å². The van der Waals surface area contributed by atoms with Crippen molar-refractivity contribution in [2.45, 2.75) is 30.8 Å². The summed E-state index contributed by atoms with van der Waals surface area (Å²) in [5.41, 5.74) is 0.675. The number of para-hydroxylation sites is 1. The normalized spacial score (nSPS) is 29.7. The molecule has 1 unspecified atom stereocenters. The van der Waals surface area contributed by atoms with Crippen molar-refractivity contribution in [3.8, 4) is 5.75 Å². The molecule has 21 heavy (non-hydrogen) atoms. The first-order chi connectivity index (χ1) is 9.99. The van der Waals surface area contributed by atoms with Crippen molar-refractivity contribution < 1.29 is 25.2 Å². The van der Waals surface area contributed by atoms with Crippen molar-refractivity contribution in [3.63, 3.8) is 0 Å². The molecule has 1 aliphatic rings. The fraction of sp³-hybridized carbons (Fsp3) is 0.400. The number of rotatable bonds is 4. The summed E-state index contributed by atoms with van der Waals surface area (Å²) >= 11 is 0. The SMILES string of the molecule is Oc1ccccc1/C=C/C(=P)CC1OC[C@@H](O)[C@H](O)[C@H]1O. The smallest absolute Gasteiger partial charge is 0.122 e. The van der Waals surface area contributed by atoms with Crippen molar-refractivity contribution in [1.29, 1.82) is 0 Å². The van der Waals surface area contributed by atoms with E-state index in [9.17, 15) is 20.4 Å². The number of hydrogen-bond donors (Lipinski definition) is 4. The van der Waals surface area contributed by atoms with Gasteiger partial charge in [-0.2, -0.15) is 0 Å². The van der Waals surface area contributed by atoms with E-state index in [0.29, 0.717) is 12.0 Å². The summed E-state index contributed by atoms with van der Waals surface area (Å²) in [4.78, 5) is 0. The summed E-state index contributed by atoms with van der Waals surface area (Å²) in [5.74, 6) is 0.181. The summed E-state index contributed by atoms with van der Waals surface area (Å²) in [6.07, 6.45) is -0.163. The van der Waals surface area contributed by atoms with Gasteiger partial charge in [-0.1, -0.05) is 30.4 Å². The van der Waals surface area contributed by atoms with Gasteiger partial charge < -0.3 is 25.2 Å². The second-order valence-corrected chi connectivity index (χ2v) is 5.68. The molecule has 6 heteroatoms. The maximum Gasteiger partial charge on any atom is 0.122 e. The number of hydrogen-bond acceptors (Lipinski definition) is 5. The van der Waals surface area contributed by atoms with Crippen LogP contribution in [0.2, 0.25) is 0 Å².